The van der Waals surface area contributed by atoms with Crippen LogP contribution in [0.5, 0.6) is 0 Å². The highest BCUT2D eigenvalue weighted by molar-refractivity contribution is 7.99. The number of benzene rings is 1. The van der Waals surface area contributed by atoms with Gasteiger partial charge in [0.15, 0.2) is 5.16 Å². The molecule has 1 N–H and O–H groups in total. The number of anilines is 2. The molecule has 1 aliphatic carbocycles. The highest BCUT2D eigenvalue weighted by Crippen LogP contribution is 2.41. The van der Waals surface area contributed by atoms with Gasteiger partial charge in [-0.3, -0.25) is 14.2 Å². The molecule has 9 nitrogen and oxygen atoms in total. The summed E-state index contributed by atoms with van der Waals surface area (Å²) in [5.74, 6) is 1.44. The van der Waals surface area contributed by atoms with Crippen molar-refractivity contribution in [1.29, 1.82) is 0 Å². The molecule has 1 saturated heterocycles. The van der Waals surface area contributed by atoms with Crippen molar-refractivity contribution in [2.24, 2.45) is 0 Å². The zero-order chi connectivity index (χ0) is 23.5. The van der Waals surface area contributed by atoms with Crippen molar-refractivity contribution in [1.82, 2.24) is 20.1 Å². The van der Waals surface area contributed by atoms with Crippen molar-refractivity contribution in [3.8, 4) is 0 Å². The molecule has 1 saturated carbocycles. The van der Waals surface area contributed by atoms with Gasteiger partial charge >= 0.3 is 0 Å². The quantitative estimate of drug-likeness (QED) is 0.468. The number of furan rings is 1. The maximum atomic E-state index is 13.1. The molecule has 2 fully saturated rings. The second-order valence-electron chi connectivity index (χ2n) is 8.60. The summed E-state index contributed by atoms with van der Waals surface area (Å²) >= 11 is 1.41. The number of hydrogen-bond acceptors (Lipinski definition) is 7. The number of hydrogen-bond donors (Lipinski definition) is 1. The van der Waals surface area contributed by atoms with Crippen molar-refractivity contribution >= 4 is 35.2 Å². The van der Waals surface area contributed by atoms with E-state index in [2.05, 4.69) is 25.0 Å². The van der Waals surface area contributed by atoms with Crippen LogP contribution < -0.4 is 15.1 Å². The van der Waals surface area contributed by atoms with Gasteiger partial charge < -0.3 is 19.5 Å². The number of carbonyl (C=O) groups is 2. The first-order chi connectivity index (χ1) is 16.6. The Morgan fingerprint density at radius 2 is 1.94 bits per heavy atom. The first kappa shape index (κ1) is 22.5. The summed E-state index contributed by atoms with van der Waals surface area (Å²) in [4.78, 5) is 29.7. The summed E-state index contributed by atoms with van der Waals surface area (Å²) in [7, 11) is 1.70. The number of amides is 2. The topological polar surface area (TPSA) is 96.5 Å². The fraction of sp³-hybridized carbons (Fsp3) is 0.417. The lowest BCUT2D eigenvalue weighted by Crippen LogP contribution is -2.31. The maximum absolute atomic E-state index is 13.1. The van der Waals surface area contributed by atoms with E-state index in [-0.39, 0.29) is 24.1 Å². The molecule has 2 aliphatic rings. The molecule has 3 heterocycles. The molecule has 3 aromatic rings. The Balaban J connectivity index is 1.25. The Kier molecular flexibility index (Phi) is 6.57. The SMILES string of the molecule is CN(C(=O)CSc1nnc(N2CCCC2)n1C1CC1)c1ccccc1C(=O)NCc1ccco1. The molecule has 0 unspecified atom stereocenters. The second-order valence-corrected chi connectivity index (χ2v) is 9.54. The molecular weight excluding hydrogens is 452 g/mol. The molecule has 5 rings (SSSR count). The monoisotopic (exact) mass is 480 g/mol. The van der Waals surface area contributed by atoms with E-state index < -0.39 is 0 Å². The first-order valence-electron chi connectivity index (χ1n) is 11.6. The molecule has 0 atom stereocenters. The molecule has 2 aromatic heterocycles. The third-order valence-corrected chi connectivity index (χ3v) is 7.09. The van der Waals surface area contributed by atoms with Crippen LogP contribution in [0.1, 0.15) is 47.8 Å². The fourth-order valence-corrected chi connectivity index (χ4v) is 5.06. The molecule has 178 valence electrons. The van der Waals surface area contributed by atoms with Crippen LogP contribution in [0.25, 0.3) is 0 Å². The normalized spacial score (nSPS) is 15.5. The zero-order valence-electron chi connectivity index (χ0n) is 19.1. The lowest BCUT2D eigenvalue weighted by Gasteiger charge is -2.20. The van der Waals surface area contributed by atoms with Crippen LogP contribution in [0.4, 0.5) is 11.6 Å². The molecule has 1 aliphatic heterocycles. The van der Waals surface area contributed by atoms with Gasteiger partial charge in [-0.05, 0) is 49.9 Å². The maximum Gasteiger partial charge on any atom is 0.253 e. The van der Waals surface area contributed by atoms with Gasteiger partial charge in [-0.2, -0.15) is 0 Å². The summed E-state index contributed by atoms with van der Waals surface area (Å²) < 4.78 is 7.48. The Labute approximate surface area is 202 Å². The molecule has 0 spiro atoms. The number of rotatable bonds is 9. The number of carbonyl (C=O) groups excluding carboxylic acids is 2. The van der Waals surface area contributed by atoms with Crippen molar-refractivity contribution in [3.05, 3.63) is 54.0 Å². The minimum atomic E-state index is -0.261. The minimum absolute atomic E-state index is 0.107. The predicted molar refractivity (Wildman–Crippen MR) is 130 cm³/mol. The Morgan fingerprint density at radius 3 is 2.68 bits per heavy atom. The van der Waals surface area contributed by atoms with E-state index in [0.29, 0.717) is 23.1 Å². The largest absolute Gasteiger partial charge is 0.467 e. The fourth-order valence-electron chi connectivity index (χ4n) is 4.14. The van der Waals surface area contributed by atoms with E-state index in [1.807, 2.05) is 6.07 Å². The standard InChI is InChI=1S/C24H28N6O3S/c1-28(20-9-3-2-8-19(20)22(32)25-15-18-7-6-14-33-18)21(31)16-34-24-27-26-23(29-12-4-5-13-29)30(24)17-10-11-17/h2-3,6-9,14,17H,4-5,10-13,15-16H2,1H3,(H,25,32). The smallest absolute Gasteiger partial charge is 0.253 e. The predicted octanol–water partition coefficient (Wildman–Crippen LogP) is 3.49. The van der Waals surface area contributed by atoms with Gasteiger partial charge in [-0.15, -0.1) is 10.2 Å². The number of nitrogens with one attached hydrogen (secondary N) is 1. The molecule has 34 heavy (non-hydrogen) atoms. The van der Waals surface area contributed by atoms with Crippen molar-refractivity contribution in [2.75, 3.05) is 35.7 Å². The molecule has 2 amide bonds. The Bertz CT molecular complexity index is 1150. The third kappa shape index (κ3) is 4.82. The average Bonchev–Trinajstić information content (AvgIpc) is 3.27. The molecule has 0 bridgehead atoms. The first-order valence-corrected chi connectivity index (χ1v) is 12.6. The molecule has 0 radical (unpaired) electrons. The number of aromatic nitrogens is 3. The van der Waals surface area contributed by atoms with Crippen LogP contribution in [0.15, 0.2) is 52.2 Å². The Morgan fingerprint density at radius 1 is 1.15 bits per heavy atom. The van der Waals surface area contributed by atoms with Gasteiger partial charge in [0.1, 0.15) is 5.76 Å². The van der Waals surface area contributed by atoms with Crippen LogP contribution in [0.2, 0.25) is 0 Å². The summed E-state index contributed by atoms with van der Waals surface area (Å²) in [5, 5.41) is 12.5. The molecule has 1 aromatic carbocycles. The number of nitrogens with zero attached hydrogens (tertiary/aromatic N) is 5. The van der Waals surface area contributed by atoms with E-state index in [1.165, 1.54) is 29.5 Å². The van der Waals surface area contributed by atoms with Crippen molar-refractivity contribution in [3.63, 3.8) is 0 Å². The van der Waals surface area contributed by atoms with Gasteiger partial charge in [0.2, 0.25) is 11.9 Å². The summed E-state index contributed by atoms with van der Waals surface area (Å²) in [5.41, 5.74) is 0.999. The lowest BCUT2D eigenvalue weighted by molar-refractivity contribution is -0.115. The van der Waals surface area contributed by atoms with E-state index in [4.69, 9.17) is 4.42 Å². The van der Waals surface area contributed by atoms with Crippen LogP contribution in [0.3, 0.4) is 0 Å². The van der Waals surface area contributed by atoms with Gasteiger partial charge in [-0.1, -0.05) is 23.9 Å². The van der Waals surface area contributed by atoms with Crippen LogP contribution in [0, 0.1) is 0 Å². The van der Waals surface area contributed by atoms with Gasteiger partial charge in [-0.25, -0.2) is 0 Å². The summed E-state index contributed by atoms with van der Waals surface area (Å²) in [6.07, 6.45) is 6.18. The minimum Gasteiger partial charge on any atom is -0.467 e. The van der Waals surface area contributed by atoms with Gasteiger partial charge in [0, 0.05) is 26.2 Å². The van der Waals surface area contributed by atoms with Crippen LogP contribution >= 0.6 is 11.8 Å². The second kappa shape index (κ2) is 9.92. The van der Waals surface area contributed by atoms with E-state index >= 15 is 0 Å². The van der Waals surface area contributed by atoms with Crippen LogP contribution in [-0.2, 0) is 11.3 Å². The number of para-hydroxylation sites is 1. The summed E-state index contributed by atoms with van der Waals surface area (Å²) in [6.45, 7) is 2.30. The van der Waals surface area contributed by atoms with E-state index in [9.17, 15) is 9.59 Å². The van der Waals surface area contributed by atoms with E-state index in [0.717, 1.165) is 37.0 Å². The average molecular weight is 481 g/mol. The number of thioether (sulfide) groups is 1. The third-order valence-electron chi connectivity index (χ3n) is 6.16. The lowest BCUT2D eigenvalue weighted by atomic mass is 10.1. The van der Waals surface area contributed by atoms with Gasteiger partial charge in [0.25, 0.3) is 5.91 Å². The van der Waals surface area contributed by atoms with E-state index in [1.54, 1.807) is 43.6 Å². The summed E-state index contributed by atoms with van der Waals surface area (Å²) in [6, 6.07) is 11.1. The van der Waals surface area contributed by atoms with Gasteiger partial charge in [0.05, 0.1) is 29.8 Å². The van der Waals surface area contributed by atoms with Crippen molar-refractivity contribution in [2.45, 2.75) is 43.4 Å². The Hall–Kier alpha value is -3.27. The zero-order valence-corrected chi connectivity index (χ0v) is 20.0. The highest BCUT2D eigenvalue weighted by Gasteiger charge is 2.32. The van der Waals surface area contributed by atoms with Crippen LogP contribution in [-0.4, -0.2) is 52.5 Å². The molecular formula is C24H28N6O3S. The van der Waals surface area contributed by atoms with Crippen molar-refractivity contribution < 1.29 is 14.0 Å². The highest BCUT2D eigenvalue weighted by atomic mass is 32.2. The molecule has 10 heteroatoms.